The van der Waals surface area contributed by atoms with Gasteiger partial charge in [-0.05, 0) is 62.1 Å². The molecule has 0 radical (unpaired) electrons. The number of benzene rings is 2. The second kappa shape index (κ2) is 7.31. The van der Waals surface area contributed by atoms with Gasteiger partial charge in [-0.1, -0.05) is 12.1 Å². The number of carbonyl (C=O) groups excluding carboxylic acids is 2. The lowest BCUT2D eigenvalue weighted by Crippen LogP contribution is -2.35. The summed E-state index contributed by atoms with van der Waals surface area (Å²) in [7, 11) is 3.09. The molecule has 0 aliphatic heterocycles. The van der Waals surface area contributed by atoms with Crippen molar-refractivity contribution in [2.45, 2.75) is 26.7 Å². The van der Waals surface area contributed by atoms with Gasteiger partial charge in [0.05, 0.1) is 25.6 Å². The summed E-state index contributed by atoms with van der Waals surface area (Å²) in [5.41, 5.74) is 2.04. The normalized spacial score (nSPS) is 14.2. The van der Waals surface area contributed by atoms with Crippen LogP contribution < -0.4 is 20.1 Å². The Hall–Kier alpha value is -3.02. The van der Waals surface area contributed by atoms with Gasteiger partial charge in [0.1, 0.15) is 16.9 Å². The van der Waals surface area contributed by atoms with Crippen LogP contribution in [0.5, 0.6) is 11.5 Å². The number of hydrogen-bond donors (Lipinski definition) is 2. The summed E-state index contributed by atoms with van der Waals surface area (Å²) in [6.07, 6.45) is 1.01. The number of hydrogen-bond acceptors (Lipinski definition) is 4. The molecule has 27 heavy (non-hydrogen) atoms. The molecule has 1 saturated carbocycles. The van der Waals surface area contributed by atoms with Crippen LogP contribution in [0.1, 0.15) is 24.0 Å². The molecule has 142 valence electrons. The summed E-state index contributed by atoms with van der Waals surface area (Å²) in [6, 6.07) is 11.0. The van der Waals surface area contributed by atoms with Crippen LogP contribution in [0.15, 0.2) is 36.4 Å². The average Bonchev–Trinajstić information content (AvgIpc) is 3.44. The Balaban J connectivity index is 1.79. The van der Waals surface area contributed by atoms with E-state index in [0.717, 1.165) is 11.1 Å². The van der Waals surface area contributed by atoms with Crippen molar-refractivity contribution in [2.75, 3.05) is 24.9 Å². The first-order valence-corrected chi connectivity index (χ1v) is 8.82. The molecule has 2 aromatic carbocycles. The number of anilines is 2. The molecule has 2 aromatic rings. The van der Waals surface area contributed by atoms with Gasteiger partial charge in [0, 0.05) is 0 Å². The van der Waals surface area contributed by atoms with E-state index < -0.39 is 5.41 Å². The van der Waals surface area contributed by atoms with Crippen molar-refractivity contribution >= 4 is 23.2 Å². The summed E-state index contributed by atoms with van der Waals surface area (Å²) in [5, 5.41) is 5.71. The number of aryl methyl sites for hydroxylation is 2. The van der Waals surface area contributed by atoms with E-state index in [1.807, 2.05) is 38.1 Å². The molecule has 6 heteroatoms. The molecule has 0 aromatic heterocycles. The van der Waals surface area contributed by atoms with Crippen molar-refractivity contribution in [1.29, 1.82) is 0 Å². The lowest BCUT2D eigenvalue weighted by Gasteiger charge is -2.18. The Morgan fingerprint density at radius 1 is 0.815 bits per heavy atom. The molecule has 0 bridgehead atoms. The van der Waals surface area contributed by atoms with Gasteiger partial charge in [-0.2, -0.15) is 0 Å². The lowest BCUT2D eigenvalue weighted by atomic mass is 10.0. The highest BCUT2D eigenvalue weighted by molar-refractivity contribution is 6.17. The first-order chi connectivity index (χ1) is 12.9. The minimum atomic E-state index is -1.07. The van der Waals surface area contributed by atoms with Crippen molar-refractivity contribution in [2.24, 2.45) is 5.41 Å². The molecular formula is C21H24N2O4. The summed E-state index contributed by atoms with van der Waals surface area (Å²) in [4.78, 5) is 25.7. The van der Waals surface area contributed by atoms with Crippen LogP contribution in [-0.2, 0) is 9.59 Å². The second-order valence-electron chi connectivity index (χ2n) is 6.90. The molecule has 3 rings (SSSR count). The zero-order chi connectivity index (χ0) is 19.6. The molecule has 2 N–H and O–H groups in total. The molecule has 6 nitrogen and oxygen atoms in total. The number of amides is 2. The molecule has 2 amide bonds. The predicted octanol–water partition coefficient (Wildman–Crippen LogP) is 3.68. The smallest absolute Gasteiger partial charge is 0.240 e. The average molecular weight is 368 g/mol. The van der Waals surface area contributed by atoms with Crippen LogP contribution in [0, 0.1) is 19.3 Å². The third-order valence-corrected chi connectivity index (χ3v) is 4.83. The summed E-state index contributed by atoms with van der Waals surface area (Å²) in [5.74, 6) is 0.474. The zero-order valence-electron chi connectivity index (χ0n) is 16.0. The highest BCUT2D eigenvalue weighted by atomic mass is 16.5. The standard InChI is InChI=1S/C21H24N2O4/c1-13-5-7-17(26-3)15(11-13)22-19(24)21(9-10-21)20(25)23-16-12-14(2)6-8-18(16)27-4/h5-8,11-12H,9-10H2,1-4H3,(H,22,24)(H,23,25). The third-order valence-electron chi connectivity index (χ3n) is 4.83. The molecule has 0 unspecified atom stereocenters. The van der Waals surface area contributed by atoms with Gasteiger partial charge in [-0.25, -0.2) is 0 Å². The van der Waals surface area contributed by atoms with Crippen LogP contribution in [-0.4, -0.2) is 26.0 Å². The number of carbonyl (C=O) groups is 2. The first kappa shape index (κ1) is 18.8. The number of nitrogens with one attached hydrogen (secondary N) is 2. The fraction of sp³-hybridized carbons (Fsp3) is 0.333. The summed E-state index contributed by atoms with van der Waals surface area (Å²) < 4.78 is 10.6. The fourth-order valence-corrected chi connectivity index (χ4v) is 3.01. The van der Waals surface area contributed by atoms with E-state index >= 15 is 0 Å². The predicted molar refractivity (Wildman–Crippen MR) is 104 cm³/mol. The van der Waals surface area contributed by atoms with Crippen molar-refractivity contribution < 1.29 is 19.1 Å². The van der Waals surface area contributed by atoms with E-state index in [-0.39, 0.29) is 11.8 Å². The molecule has 0 spiro atoms. The van der Waals surface area contributed by atoms with Gasteiger partial charge in [-0.3, -0.25) is 9.59 Å². The highest BCUT2D eigenvalue weighted by Gasteiger charge is 2.56. The van der Waals surface area contributed by atoms with E-state index in [1.165, 1.54) is 0 Å². The van der Waals surface area contributed by atoms with Crippen molar-refractivity contribution in [1.82, 2.24) is 0 Å². The molecule has 1 aliphatic rings. The van der Waals surface area contributed by atoms with E-state index in [0.29, 0.717) is 35.7 Å². The monoisotopic (exact) mass is 368 g/mol. The van der Waals surface area contributed by atoms with Gasteiger partial charge >= 0.3 is 0 Å². The van der Waals surface area contributed by atoms with Crippen LogP contribution in [0.4, 0.5) is 11.4 Å². The minimum Gasteiger partial charge on any atom is -0.495 e. The van der Waals surface area contributed by atoms with E-state index in [2.05, 4.69) is 10.6 Å². The zero-order valence-corrected chi connectivity index (χ0v) is 16.0. The van der Waals surface area contributed by atoms with Gasteiger partial charge < -0.3 is 20.1 Å². The van der Waals surface area contributed by atoms with Crippen molar-refractivity contribution in [3.8, 4) is 11.5 Å². The second-order valence-corrected chi connectivity index (χ2v) is 6.90. The Kier molecular flexibility index (Phi) is 5.08. The quantitative estimate of drug-likeness (QED) is 0.763. The van der Waals surface area contributed by atoms with Crippen LogP contribution >= 0.6 is 0 Å². The SMILES string of the molecule is COc1ccc(C)cc1NC(=O)C1(C(=O)Nc2cc(C)ccc2OC)CC1. The maximum Gasteiger partial charge on any atom is 0.240 e. The molecule has 0 saturated heterocycles. The molecule has 0 heterocycles. The van der Waals surface area contributed by atoms with Gasteiger partial charge in [-0.15, -0.1) is 0 Å². The molecule has 0 atom stereocenters. The minimum absolute atomic E-state index is 0.324. The first-order valence-electron chi connectivity index (χ1n) is 8.82. The lowest BCUT2D eigenvalue weighted by molar-refractivity contribution is -0.131. The third kappa shape index (κ3) is 3.74. The largest absolute Gasteiger partial charge is 0.495 e. The Morgan fingerprint density at radius 3 is 1.56 bits per heavy atom. The van der Waals surface area contributed by atoms with E-state index in [9.17, 15) is 9.59 Å². The number of ether oxygens (including phenoxy) is 2. The van der Waals surface area contributed by atoms with Crippen LogP contribution in [0.25, 0.3) is 0 Å². The molecular weight excluding hydrogens is 344 g/mol. The Labute approximate surface area is 158 Å². The maximum absolute atomic E-state index is 12.9. The van der Waals surface area contributed by atoms with Crippen molar-refractivity contribution in [3.05, 3.63) is 47.5 Å². The maximum atomic E-state index is 12.9. The summed E-state index contributed by atoms with van der Waals surface area (Å²) >= 11 is 0. The number of methoxy groups -OCH3 is 2. The van der Waals surface area contributed by atoms with Crippen molar-refractivity contribution in [3.63, 3.8) is 0 Å². The van der Waals surface area contributed by atoms with Gasteiger partial charge in [0.15, 0.2) is 0 Å². The van der Waals surface area contributed by atoms with E-state index in [4.69, 9.17) is 9.47 Å². The molecule has 1 fully saturated rings. The number of rotatable bonds is 6. The van der Waals surface area contributed by atoms with E-state index in [1.54, 1.807) is 26.4 Å². The van der Waals surface area contributed by atoms with Crippen LogP contribution in [0.2, 0.25) is 0 Å². The Bertz CT molecular complexity index is 818. The fourth-order valence-electron chi connectivity index (χ4n) is 3.01. The van der Waals surface area contributed by atoms with Gasteiger partial charge in [0.25, 0.3) is 0 Å². The topological polar surface area (TPSA) is 76.7 Å². The van der Waals surface area contributed by atoms with Gasteiger partial charge in [0.2, 0.25) is 11.8 Å². The highest BCUT2D eigenvalue weighted by Crippen LogP contribution is 2.48. The Morgan fingerprint density at radius 2 is 1.22 bits per heavy atom. The van der Waals surface area contributed by atoms with Crippen LogP contribution in [0.3, 0.4) is 0 Å². The molecule has 1 aliphatic carbocycles. The summed E-state index contributed by atoms with van der Waals surface area (Å²) in [6.45, 7) is 3.86.